The van der Waals surface area contributed by atoms with Crippen molar-refractivity contribution >= 4 is 11.9 Å². The summed E-state index contributed by atoms with van der Waals surface area (Å²) in [6, 6.07) is 0. The predicted octanol–water partition coefficient (Wildman–Crippen LogP) is 0.782. The largest absolute Gasteiger partial charge is 0.481 e. The first-order valence-corrected chi connectivity index (χ1v) is 5.61. The first-order chi connectivity index (χ1) is 7.46. The summed E-state index contributed by atoms with van der Waals surface area (Å²) in [5, 5.41) is 11.4. The molecule has 0 spiro atoms. The molecule has 5 heteroatoms. The van der Waals surface area contributed by atoms with Gasteiger partial charge in [0.15, 0.2) is 0 Å². The molecular formula is C11H19NO4. The zero-order valence-electron chi connectivity index (χ0n) is 9.78. The second kappa shape index (κ2) is 5.30. The fourth-order valence-corrected chi connectivity index (χ4v) is 1.67. The normalized spacial score (nSPS) is 26.4. The number of nitrogens with one attached hydrogen (secondary N) is 1. The number of carbonyl (C=O) groups is 2. The average Bonchev–Trinajstić information content (AvgIpc) is 2.66. The molecule has 0 aliphatic carbocycles. The quantitative estimate of drug-likeness (QED) is 0.730. The van der Waals surface area contributed by atoms with Gasteiger partial charge < -0.3 is 15.2 Å². The van der Waals surface area contributed by atoms with Crippen LogP contribution >= 0.6 is 0 Å². The number of amides is 1. The van der Waals surface area contributed by atoms with Crippen molar-refractivity contribution in [2.24, 2.45) is 5.92 Å². The van der Waals surface area contributed by atoms with Crippen LogP contribution in [0.3, 0.4) is 0 Å². The first-order valence-electron chi connectivity index (χ1n) is 5.61. The Labute approximate surface area is 95.2 Å². The molecule has 2 atom stereocenters. The van der Waals surface area contributed by atoms with Gasteiger partial charge in [0.1, 0.15) is 5.60 Å². The molecule has 5 nitrogen and oxygen atoms in total. The highest BCUT2D eigenvalue weighted by Crippen LogP contribution is 2.24. The molecule has 0 radical (unpaired) electrons. The topological polar surface area (TPSA) is 75.6 Å². The van der Waals surface area contributed by atoms with Crippen LogP contribution in [0.25, 0.3) is 0 Å². The van der Waals surface area contributed by atoms with Crippen LogP contribution < -0.4 is 5.32 Å². The lowest BCUT2D eigenvalue weighted by Gasteiger charge is -2.22. The van der Waals surface area contributed by atoms with Crippen molar-refractivity contribution in [2.45, 2.75) is 38.7 Å². The summed E-state index contributed by atoms with van der Waals surface area (Å²) in [7, 11) is 0. The molecule has 1 heterocycles. The molecule has 1 aliphatic rings. The molecule has 2 N–H and O–H groups in total. The van der Waals surface area contributed by atoms with E-state index in [0.717, 1.165) is 12.8 Å². The van der Waals surface area contributed by atoms with Crippen LogP contribution in [0.2, 0.25) is 0 Å². The minimum absolute atomic E-state index is 0.136. The Kier molecular flexibility index (Phi) is 4.29. The van der Waals surface area contributed by atoms with Gasteiger partial charge in [0.05, 0.1) is 5.92 Å². The Balaban J connectivity index is 2.27. The lowest BCUT2D eigenvalue weighted by atomic mass is 10.0. The van der Waals surface area contributed by atoms with Crippen molar-refractivity contribution in [1.29, 1.82) is 0 Å². The van der Waals surface area contributed by atoms with Gasteiger partial charge in [-0.05, 0) is 26.2 Å². The highest BCUT2D eigenvalue weighted by molar-refractivity contribution is 5.85. The average molecular weight is 229 g/mol. The molecule has 1 fully saturated rings. The molecule has 0 aromatic heterocycles. The second-order valence-electron chi connectivity index (χ2n) is 4.47. The number of carbonyl (C=O) groups excluding carboxylic acids is 1. The van der Waals surface area contributed by atoms with Gasteiger partial charge in [-0.15, -0.1) is 0 Å². The highest BCUT2D eigenvalue weighted by atomic mass is 16.5. The molecule has 92 valence electrons. The Bertz CT molecular complexity index is 271. The summed E-state index contributed by atoms with van der Waals surface area (Å²) >= 11 is 0. The summed E-state index contributed by atoms with van der Waals surface area (Å²) in [6.07, 6.45) is 2.07. The maximum Gasteiger partial charge on any atom is 0.306 e. The number of carboxylic acid groups (broad SMARTS) is 1. The summed E-state index contributed by atoms with van der Waals surface area (Å²) in [4.78, 5) is 22.3. The third kappa shape index (κ3) is 3.20. The maximum absolute atomic E-state index is 11.7. The molecule has 1 rings (SSSR count). The minimum Gasteiger partial charge on any atom is -0.481 e. The van der Waals surface area contributed by atoms with Gasteiger partial charge in [-0.2, -0.15) is 0 Å². The van der Waals surface area contributed by atoms with E-state index in [2.05, 4.69) is 5.32 Å². The molecule has 0 aromatic rings. The highest BCUT2D eigenvalue weighted by Gasteiger charge is 2.37. The molecule has 16 heavy (non-hydrogen) atoms. The van der Waals surface area contributed by atoms with Gasteiger partial charge in [0.25, 0.3) is 5.91 Å². The van der Waals surface area contributed by atoms with Gasteiger partial charge in [-0.25, -0.2) is 0 Å². The molecule has 1 saturated heterocycles. The summed E-state index contributed by atoms with van der Waals surface area (Å²) < 4.78 is 5.38. The van der Waals surface area contributed by atoms with E-state index in [4.69, 9.17) is 9.84 Å². The van der Waals surface area contributed by atoms with Crippen LogP contribution in [0.4, 0.5) is 0 Å². The van der Waals surface area contributed by atoms with E-state index in [-0.39, 0.29) is 5.91 Å². The number of carboxylic acids is 1. The Morgan fingerprint density at radius 3 is 2.75 bits per heavy atom. The number of aliphatic carboxylic acids is 1. The van der Waals surface area contributed by atoms with E-state index in [0.29, 0.717) is 19.6 Å². The van der Waals surface area contributed by atoms with Gasteiger partial charge in [-0.1, -0.05) is 6.92 Å². The lowest BCUT2D eigenvalue weighted by molar-refractivity contribution is -0.142. The van der Waals surface area contributed by atoms with E-state index >= 15 is 0 Å². The zero-order valence-corrected chi connectivity index (χ0v) is 9.78. The van der Waals surface area contributed by atoms with E-state index < -0.39 is 17.5 Å². The van der Waals surface area contributed by atoms with Crippen LogP contribution in [0.15, 0.2) is 0 Å². The number of rotatable bonds is 5. The van der Waals surface area contributed by atoms with Crippen molar-refractivity contribution in [1.82, 2.24) is 5.32 Å². The number of hydrogen-bond donors (Lipinski definition) is 2. The summed E-state index contributed by atoms with van der Waals surface area (Å²) in [5.74, 6) is -1.40. The van der Waals surface area contributed by atoms with E-state index in [1.54, 1.807) is 13.8 Å². The van der Waals surface area contributed by atoms with E-state index in [9.17, 15) is 9.59 Å². The minimum atomic E-state index is -0.836. The lowest BCUT2D eigenvalue weighted by Crippen LogP contribution is -2.44. The fourth-order valence-electron chi connectivity index (χ4n) is 1.67. The van der Waals surface area contributed by atoms with Crippen LogP contribution in [0.5, 0.6) is 0 Å². The second-order valence-corrected chi connectivity index (χ2v) is 4.47. The fraction of sp³-hybridized carbons (Fsp3) is 0.818. The van der Waals surface area contributed by atoms with Crippen molar-refractivity contribution < 1.29 is 19.4 Å². The Morgan fingerprint density at radius 2 is 2.25 bits per heavy atom. The van der Waals surface area contributed by atoms with Crippen LogP contribution in [-0.4, -0.2) is 35.7 Å². The first kappa shape index (κ1) is 13.0. The number of hydrogen-bond acceptors (Lipinski definition) is 3. The smallest absolute Gasteiger partial charge is 0.306 e. The molecule has 0 saturated carbocycles. The summed E-state index contributed by atoms with van der Waals surface area (Å²) in [6.45, 7) is 4.40. The van der Waals surface area contributed by atoms with Crippen LogP contribution in [-0.2, 0) is 14.3 Å². The van der Waals surface area contributed by atoms with E-state index in [1.165, 1.54) is 0 Å². The van der Waals surface area contributed by atoms with Gasteiger partial charge in [-0.3, -0.25) is 9.59 Å². The summed E-state index contributed by atoms with van der Waals surface area (Å²) in [5.41, 5.74) is -0.716. The standard InChI is InChI=1S/C11H19NO4/c1-8(9(13)14)4-6-12-10(15)11(2)5-3-7-16-11/h8H,3-7H2,1-2H3,(H,12,15)(H,13,14). The Morgan fingerprint density at radius 1 is 1.56 bits per heavy atom. The molecular weight excluding hydrogens is 210 g/mol. The van der Waals surface area contributed by atoms with Gasteiger partial charge in [0, 0.05) is 13.2 Å². The van der Waals surface area contributed by atoms with Gasteiger partial charge in [0.2, 0.25) is 0 Å². The number of ether oxygens (including phenoxy) is 1. The molecule has 1 aliphatic heterocycles. The van der Waals surface area contributed by atoms with Gasteiger partial charge >= 0.3 is 5.97 Å². The third-order valence-corrected chi connectivity index (χ3v) is 2.98. The van der Waals surface area contributed by atoms with Crippen molar-refractivity contribution in [3.63, 3.8) is 0 Å². The SMILES string of the molecule is CC(CCNC(=O)C1(C)CCCO1)C(=O)O. The van der Waals surface area contributed by atoms with Crippen molar-refractivity contribution in [3.8, 4) is 0 Å². The van der Waals surface area contributed by atoms with Crippen LogP contribution in [0.1, 0.15) is 33.1 Å². The molecule has 0 bridgehead atoms. The van der Waals surface area contributed by atoms with Crippen molar-refractivity contribution in [3.05, 3.63) is 0 Å². The maximum atomic E-state index is 11.7. The van der Waals surface area contributed by atoms with E-state index in [1.807, 2.05) is 0 Å². The molecule has 0 aromatic carbocycles. The molecule has 1 amide bonds. The molecule has 2 unspecified atom stereocenters. The predicted molar refractivity (Wildman–Crippen MR) is 58.0 cm³/mol. The zero-order chi connectivity index (χ0) is 12.2. The van der Waals surface area contributed by atoms with Crippen molar-refractivity contribution in [2.75, 3.05) is 13.2 Å². The Hall–Kier alpha value is -1.10. The van der Waals surface area contributed by atoms with Crippen LogP contribution in [0, 0.1) is 5.92 Å². The monoisotopic (exact) mass is 229 g/mol. The third-order valence-electron chi connectivity index (χ3n) is 2.98.